The second-order valence-electron chi connectivity index (χ2n) is 19.7. The second-order valence-corrected chi connectivity index (χ2v) is 19.7. The fraction of sp³-hybridized carbons (Fsp3) is 0.529. The summed E-state index contributed by atoms with van der Waals surface area (Å²) in [4.78, 5) is 0. The Balaban J connectivity index is 0.984. The Kier molecular flexibility index (Phi) is 10.2. The largest absolute Gasteiger partial charge is 0.0602 e. The van der Waals surface area contributed by atoms with E-state index in [-0.39, 0.29) is 5.41 Å². The van der Waals surface area contributed by atoms with E-state index < -0.39 is 0 Å². The predicted octanol–water partition coefficient (Wildman–Crippen LogP) is 14.3. The molecule has 2 atom stereocenters. The molecule has 0 amide bonds. The van der Waals surface area contributed by atoms with Gasteiger partial charge in [0.05, 0.1) is 0 Å². The van der Waals surface area contributed by atoms with E-state index in [9.17, 15) is 0 Å². The van der Waals surface area contributed by atoms with Crippen LogP contribution in [-0.2, 0) is 31.1 Å². The van der Waals surface area contributed by atoms with Gasteiger partial charge in [-0.3, -0.25) is 0 Å². The molecule has 0 heterocycles. The maximum absolute atomic E-state index is 2.55. The first-order chi connectivity index (χ1) is 24.3. The number of benzene rings is 4. The lowest BCUT2D eigenvalue weighted by molar-refractivity contribution is 0.323. The molecular weight excluding hydrogens is 613 g/mol. The maximum Gasteiger partial charge on any atom is 0.0215 e. The van der Waals surface area contributed by atoms with Gasteiger partial charge in [-0.1, -0.05) is 151 Å². The Labute approximate surface area is 311 Å². The van der Waals surface area contributed by atoms with Crippen LogP contribution in [0.25, 0.3) is 11.1 Å². The molecule has 0 saturated heterocycles. The molecule has 4 aromatic carbocycles. The highest BCUT2D eigenvalue weighted by molar-refractivity contribution is 5.81. The van der Waals surface area contributed by atoms with Crippen molar-refractivity contribution in [3.63, 3.8) is 0 Å². The average Bonchev–Trinajstić information content (AvgIpc) is 3.29. The summed E-state index contributed by atoms with van der Waals surface area (Å²) in [6, 6.07) is 29.5. The van der Waals surface area contributed by atoms with Gasteiger partial charge in [-0.2, -0.15) is 0 Å². The molecule has 0 heteroatoms. The molecule has 0 saturated carbocycles. The van der Waals surface area contributed by atoms with Crippen LogP contribution in [0.5, 0.6) is 0 Å². The van der Waals surface area contributed by atoms with Crippen molar-refractivity contribution in [1.29, 1.82) is 0 Å². The number of rotatable bonds is 14. The third-order valence-electron chi connectivity index (χ3n) is 12.8. The van der Waals surface area contributed by atoms with Crippen LogP contribution in [0.2, 0.25) is 0 Å². The first-order valence-corrected chi connectivity index (χ1v) is 20.7. The minimum absolute atomic E-state index is 0.137. The van der Waals surface area contributed by atoms with Gasteiger partial charge in [0, 0.05) is 5.41 Å². The molecule has 0 aliphatic heterocycles. The van der Waals surface area contributed by atoms with Crippen LogP contribution in [0.4, 0.5) is 0 Å². The zero-order valence-electron chi connectivity index (χ0n) is 33.5. The van der Waals surface area contributed by atoms with Crippen molar-refractivity contribution in [2.24, 2.45) is 10.8 Å². The molecule has 0 bridgehead atoms. The van der Waals surface area contributed by atoms with E-state index in [2.05, 4.69) is 128 Å². The second kappa shape index (κ2) is 14.4. The Morgan fingerprint density at radius 2 is 0.941 bits per heavy atom. The van der Waals surface area contributed by atoms with Gasteiger partial charge in [0.25, 0.3) is 0 Å². The SMILES string of the molecule is Cc1ccc2c(c1)C(CCCCCc1ccc3c(c1)CC3CC(C)(C)C)(CCCCCc1ccc3c(c1)CC3CC(C)(C)C)c1cc(C)ccc1-2. The Morgan fingerprint density at radius 1 is 0.510 bits per heavy atom. The molecular formula is C51H66. The van der Waals surface area contributed by atoms with Gasteiger partial charge in [-0.05, 0) is 156 Å². The van der Waals surface area contributed by atoms with Crippen molar-refractivity contribution in [3.05, 3.63) is 128 Å². The van der Waals surface area contributed by atoms with Gasteiger partial charge < -0.3 is 0 Å². The van der Waals surface area contributed by atoms with Gasteiger partial charge in [-0.25, -0.2) is 0 Å². The van der Waals surface area contributed by atoms with Crippen molar-refractivity contribution in [1.82, 2.24) is 0 Å². The number of hydrogen-bond acceptors (Lipinski definition) is 0. The predicted molar refractivity (Wildman–Crippen MR) is 220 cm³/mol. The highest BCUT2D eigenvalue weighted by atomic mass is 14.5. The van der Waals surface area contributed by atoms with Crippen molar-refractivity contribution in [3.8, 4) is 11.1 Å². The lowest BCUT2D eigenvalue weighted by Crippen LogP contribution is -2.26. The quantitative estimate of drug-likeness (QED) is 0.116. The van der Waals surface area contributed by atoms with Gasteiger partial charge in [0.1, 0.15) is 0 Å². The lowest BCUT2D eigenvalue weighted by Gasteiger charge is -2.35. The minimum atomic E-state index is 0.137. The molecule has 3 aliphatic rings. The van der Waals surface area contributed by atoms with E-state index in [1.165, 1.54) is 112 Å². The Bertz CT molecular complexity index is 1720. The first kappa shape index (κ1) is 36.2. The van der Waals surface area contributed by atoms with Gasteiger partial charge >= 0.3 is 0 Å². The van der Waals surface area contributed by atoms with Crippen LogP contribution in [0.3, 0.4) is 0 Å². The molecule has 0 N–H and O–H groups in total. The van der Waals surface area contributed by atoms with Crippen LogP contribution >= 0.6 is 0 Å². The van der Waals surface area contributed by atoms with E-state index in [0.29, 0.717) is 10.8 Å². The third-order valence-corrected chi connectivity index (χ3v) is 12.8. The monoisotopic (exact) mass is 679 g/mol. The zero-order valence-corrected chi connectivity index (χ0v) is 33.5. The van der Waals surface area contributed by atoms with Gasteiger partial charge in [0.15, 0.2) is 0 Å². The molecule has 270 valence electrons. The molecule has 0 fully saturated rings. The van der Waals surface area contributed by atoms with E-state index in [4.69, 9.17) is 0 Å². The van der Waals surface area contributed by atoms with E-state index in [0.717, 1.165) is 11.8 Å². The van der Waals surface area contributed by atoms with E-state index in [1.807, 2.05) is 0 Å². The van der Waals surface area contributed by atoms with Crippen molar-refractivity contribution < 1.29 is 0 Å². The molecule has 4 aromatic rings. The topological polar surface area (TPSA) is 0 Å². The maximum atomic E-state index is 2.55. The Hall–Kier alpha value is -3.12. The standard InChI is InChI=1S/C51H66/c1-35-17-21-45-46-22-18-36(2)28-48(46)51(47(45)27-35,25-13-9-11-15-37-19-23-43-39(29-37)31-41(43)33-49(3,4)5)26-14-10-12-16-38-20-24-44-40(30-38)32-42(44)34-50(6,7)8/h17-24,27-30,41-42H,9-16,25-26,31-34H2,1-8H3. The molecule has 3 aliphatic carbocycles. The number of unbranched alkanes of at least 4 members (excludes halogenated alkanes) is 4. The van der Waals surface area contributed by atoms with E-state index in [1.54, 1.807) is 44.5 Å². The fourth-order valence-corrected chi connectivity index (χ4v) is 10.4. The van der Waals surface area contributed by atoms with Crippen LogP contribution in [0.15, 0.2) is 72.8 Å². The summed E-state index contributed by atoms with van der Waals surface area (Å²) in [7, 11) is 0. The van der Waals surface area contributed by atoms with E-state index >= 15 is 0 Å². The average molecular weight is 679 g/mol. The molecule has 0 aromatic heterocycles. The van der Waals surface area contributed by atoms with Gasteiger partial charge in [0.2, 0.25) is 0 Å². The third kappa shape index (κ3) is 7.97. The molecule has 2 unspecified atom stereocenters. The fourth-order valence-electron chi connectivity index (χ4n) is 10.4. The summed E-state index contributed by atoms with van der Waals surface area (Å²) < 4.78 is 0. The highest BCUT2D eigenvalue weighted by Crippen LogP contribution is 2.55. The zero-order chi connectivity index (χ0) is 36.0. The summed E-state index contributed by atoms with van der Waals surface area (Å²) in [5, 5.41) is 0. The molecule has 0 nitrogen and oxygen atoms in total. The molecule has 7 rings (SSSR count). The first-order valence-electron chi connectivity index (χ1n) is 20.7. The molecule has 0 radical (unpaired) electrons. The summed E-state index contributed by atoms with van der Waals surface area (Å²) in [5.74, 6) is 1.55. The lowest BCUT2D eigenvalue weighted by atomic mass is 9.69. The smallest absolute Gasteiger partial charge is 0.0215 e. The normalized spacial score (nSPS) is 18.4. The highest BCUT2D eigenvalue weighted by Gasteiger charge is 2.42. The number of aryl methyl sites for hydroxylation is 4. The number of fused-ring (bicyclic) bond motifs is 5. The van der Waals surface area contributed by atoms with Gasteiger partial charge in [-0.15, -0.1) is 0 Å². The summed E-state index contributed by atoms with van der Waals surface area (Å²) in [5.41, 5.74) is 19.6. The molecule has 0 spiro atoms. The number of hydrogen-bond donors (Lipinski definition) is 0. The van der Waals surface area contributed by atoms with Crippen molar-refractivity contribution >= 4 is 0 Å². The summed E-state index contributed by atoms with van der Waals surface area (Å²) in [6.07, 6.45) is 17.9. The van der Waals surface area contributed by atoms with Crippen LogP contribution in [0, 0.1) is 24.7 Å². The van der Waals surface area contributed by atoms with Crippen LogP contribution < -0.4 is 0 Å². The Morgan fingerprint density at radius 3 is 1.33 bits per heavy atom. The molecule has 51 heavy (non-hydrogen) atoms. The summed E-state index contributed by atoms with van der Waals surface area (Å²) in [6.45, 7) is 18.9. The summed E-state index contributed by atoms with van der Waals surface area (Å²) >= 11 is 0. The van der Waals surface area contributed by atoms with Crippen LogP contribution in [-0.4, -0.2) is 0 Å². The van der Waals surface area contributed by atoms with Crippen LogP contribution in [0.1, 0.15) is 173 Å². The van der Waals surface area contributed by atoms with Crippen molar-refractivity contribution in [2.75, 3.05) is 0 Å². The van der Waals surface area contributed by atoms with Crippen molar-refractivity contribution in [2.45, 2.75) is 163 Å². The minimum Gasteiger partial charge on any atom is -0.0602 e.